The van der Waals surface area contributed by atoms with Crippen molar-refractivity contribution < 1.29 is 13.9 Å². The standard InChI is InChI=1S/C22H21FN6O2S/c23-15-9-16-13(10-26-28-16)7-17(15)27-20-19-14-2-1-12(22(30)29-3-5-31-6-4-29)8-18(14)32-21(19)25-11-24-20/h7,9-12H,1-6,8H2,(H,26,28)(H,24,25,27)/t12-/m0/s1. The first-order valence-corrected chi connectivity index (χ1v) is 11.5. The highest BCUT2D eigenvalue weighted by molar-refractivity contribution is 7.19. The van der Waals surface area contributed by atoms with Crippen LogP contribution in [0, 0.1) is 11.7 Å². The summed E-state index contributed by atoms with van der Waals surface area (Å²) in [5.74, 6) is 0.413. The number of ether oxygens (including phenoxy) is 1. The molecule has 4 aromatic rings. The molecule has 1 aliphatic carbocycles. The van der Waals surface area contributed by atoms with E-state index in [0.29, 0.717) is 49.7 Å². The van der Waals surface area contributed by atoms with Gasteiger partial charge >= 0.3 is 0 Å². The number of benzene rings is 1. The van der Waals surface area contributed by atoms with Crippen molar-refractivity contribution in [1.29, 1.82) is 0 Å². The number of aromatic amines is 1. The number of hydrogen-bond acceptors (Lipinski definition) is 7. The van der Waals surface area contributed by atoms with Crippen LogP contribution in [-0.2, 0) is 22.4 Å². The van der Waals surface area contributed by atoms with Crippen molar-refractivity contribution in [2.45, 2.75) is 19.3 Å². The molecule has 1 fully saturated rings. The molecule has 0 unspecified atom stereocenters. The Morgan fingerprint density at radius 3 is 3.03 bits per heavy atom. The summed E-state index contributed by atoms with van der Waals surface area (Å²) >= 11 is 1.61. The number of morpholine rings is 1. The van der Waals surface area contributed by atoms with Gasteiger partial charge in [0.05, 0.1) is 36.0 Å². The smallest absolute Gasteiger partial charge is 0.226 e. The molecule has 1 aromatic carbocycles. The quantitative estimate of drug-likeness (QED) is 0.495. The van der Waals surface area contributed by atoms with E-state index >= 15 is 0 Å². The summed E-state index contributed by atoms with van der Waals surface area (Å²) in [5, 5.41) is 11.7. The van der Waals surface area contributed by atoms with Crippen LogP contribution in [0.2, 0.25) is 0 Å². The maximum atomic E-state index is 14.7. The molecule has 0 saturated carbocycles. The van der Waals surface area contributed by atoms with E-state index in [1.807, 2.05) is 4.90 Å². The molecule has 1 atom stereocenters. The Kier molecular flexibility index (Phi) is 4.76. The number of nitrogens with zero attached hydrogens (tertiary/aromatic N) is 4. The molecule has 1 amide bonds. The number of hydrogen-bond donors (Lipinski definition) is 2. The van der Waals surface area contributed by atoms with Crippen molar-refractivity contribution in [2.24, 2.45) is 5.92 Å². The summed E-state index contributed by atoms with van der Waals surface area (Å²) in [6.45, 7) is 2.55. The fraction of sp³-hybridized carbons (Fsp3) is 0.364. The van der Waals surface area contributed by atoms with Crippen LogP contribution in [0.15, 0.2) is 24.7 Å². The Balaban J connectivity index is 1.32. The Bertz CT molecular complexity index is 1330. The molecule has 6 rings (SSSR count). The van der Waals surface area contributed by atoms with Crippen LogP contribution < -0.4 is 5.32 Å². The van der Waals surface area contributed by atoms with E-state index in [4.69, 9.17) is 4.74 Å². The number of anilines is 2. The third-order valence-corrected chi connectivity index (χ3v) is 7.46. The van der Waals surface area contributed by atoms with Crippen molar-refractivity contribution in [3.63, 3.8) is 0 Å². The van der Waals surface area contributed by atoms with Gasteiger partial charge < -0.3 is 15.0 Å². The van der Waals surface area contributed by atoms with Gasteiger partial charge in [-0.15, -0.1) is 11.3 Å². The number of amides is 1. The third kappa shape index (κ3) is 3.30. The molecule has 0 bridgehead atoms. The van der Waals surface area contributed by atoms with Gasteiger partial charge in [-0.05, 0) is 30.9 Å². The molecular formula is C22H21FN6O2S. The average Bonchev–Trinajstić information content (AvgIpc) is 3.43. The van der Waals surface area contributed by atoms with Crippen LogP contribution in [0.5, 0.6) is 0 Å². The second kappa shape index (κ2) is 7.79. The van der Waals surface area contributed by atoms with Gasteiger partial charge in [0.1, 0.15) is 22.8 Å². The molecule has 2 N–H and O–H groups in total. The summed E-state index contributed by atoms with van der Waals surface area (Å²) in [6.07, 6.45) is 5.44. The number of halogens is 1. The van der Waals surface area contributed by atoms with Crippen LogP contribution in [0.25, 0.3) is 21.1 Å². The minimum absolute atomic E-state index is 0.0148. The predicted molar refractivity (Wildman–Crippen MR) is 120 cm³/mol. The fourth-order valence-corrected chi connectivity index (χ4v) is 5.91. The fourth-order valence-electron chi connectivity index (χ4n) is 4.65. The highest BCUT2D eigenvalue weighted by atomic mass is 32.1. The van der Waals surface area contributed by atoms with E-state index in [1.165, 1.54) is 22.8 Å². The molecule has 0 radical (unpaired) electrons. The van der Waals surface area contributed by atoms with Crippen LogP contribution >= 0.6 is 11.3 Å². The van der Waals surface area contributed by atoms with Crippen molar-refractivity contribution in [3.05, 3.63) is 40.9 Å². The number of aromatic nitrogens is 4. The predicted octanol–water partition coefficient (Wildman–Crippen LogP) is 3.41. The maximum absolute atomic E-state index is 14.7. The number of carbonyl (C=O) groups is 1. The molecule has 0 spiro atoms. The third-order valence-electron chi connectivity index (χ3n) is 6.30. The van der Waals surface area contributed by atoms with E-state index in [9.17, 15) is 9.18 Å². The molecule has 2 aliphatic rings. The molecule has 4 heterocycles. The van der Waals surface area contributed by atoms with Crippen molar-refractivity contribution in [1.82, 2.24) is 25.1 Å². The van der Waals surface area contributed by atoms with Crippen molar-refractivity contribution in [2.75, 3.05) is 31.6 Å². The second-order valence-corrected chi connectivity index (χ2v) is 9.28. The first-order chi connectivity index (χ1) is 15.7. The molecule has 8 nitrogen and oxygen atoms in total. The second-order valence-electron chi connectivity index (χ2n) is 8.20. The van der Waals surface area contributed by atoms with Gasteiger partial charge in [-0.25, -0.2) is 14.4 Å². The lowest BCUT2D eigenvalue weighted by Gasteiger charge is -2.31. The molecule has 164 valence electrons. The molecule has 1 aliphatic heterocycles. The van der Waals surface area contributed by atoms with E-state index in [-0.39, 0.29) is 17.6 Å². The van der Waals surface area contributed by atoms with Crippen LogP contribution in [0.3, 0.4) is 0 Å². The average molecular weight is 453 g/mol. The number of thiophene rings is 1. The summed E-state index contributed by atoms with van der Waals surface area (Å²) < 4.78 is 20.0. The topological polar surface area (TPSA) is 96.0 Å². The minimum Gasteiger partial charge on any atom is -0.378 e. The summed E-state index contributed by atoms with van der Waals surface area (Å²) in [5.41, 5.74) is 2.16. The molecule has 1 saturated heterocycles. The molecule has 32 heavy (non-hydrogen) atoms. The first-order valence-electron chi connectivity index (χ1n) is 10.7. The van der Waals surface area contributed by atoms with Crippen LogP contribution in [-0.4, -0.2) is 57.3 Å². The Morgan fingerprint density at radius 2 is 2.16 bits per heavy atom. The highest BCUT2D eigenvalue weighted by Gasteiger charge is 2.32. The molecular weight excluding hydrogens is 431 g/mol. The number of aryl methyl sites for hydroxylation is 1. The van der Waals surface area contributed by atoms with Crippen molar-refractivity contribution in [3.8, 4) is 0 Å². The zero-order chi connectivity index (χ0) is 21.7. The van der Waals surface area contributed by atoms with E-state index < -0.39 is 0 Å². The van der Waals surface area contributed by atoms with Gasteiger partial charge in [0.2, 0.25) is 5.91 Å². The highest BCUT2D eigenvalue weighted by Crippen LogP contribution is 2.41. The van der Waals surface area contributed by atoms with Gasteiger partial charge in [-0.3, -0.25) is 9.89 Å². The zero-order valence-corrected chi connectivity index (χ0v) is 18.0. The normalized spacial score (nSPS) is 18.8. The van der Waals surface area contributed by atoms with Crippen molar-refractivity contribution >= 4 is 49.9 Å². The molecule has 10 heteroatoms. The van der Waals surface area contributed by atoms with Gasteiger partial charge in [0.15, 0.2) is 0 Å². The zero-order valence-electron chi connectivity index (χ0n) is 17.2. The summed E-state index contributed by atoms with van der Waals surface area (Å²) in [4.78, 5) is 25.8. The van der Waals surface area contributed by atoms with E-state index in [0.717, 1.165) is 28.4 Å². The minimum atomic E-state index is -0.381. The van der Waals surface area contributed by atoms with Gasteiger partial charge in [-0.1, -0.05) is 0 Å². The summed E-state index contributed by atoms with van der Waals surface area (Å²) in [6, 6.07) is 3.14. The molecule has 3 aromatic heterocycles. The number of carbonyl (C=O) groups excluding carboxylic acids is 1. The summed E-state index contributed by atoms with van der Waals surface area (Å²) in [7, 11) is 0. The number of nitrogens with one attached hydrogen (secondary N) is 2. The SMILES string of the molecule is O=C([C@H]1CCc2c(sc3ncnc(Nc4cc5cn[nH]c5cc4F)c23)C1)N1CCOCC1. The monoisotopic (exact) mass is 452 g/mol. The van der Waals surface area contributed by atoms with Gasteiger partial charge in [0, 0.05) is 35.3 Å². The first kappa shape index (κ1) is 19.6. The van der Waals surface area contributed by atoms with Gasteiger partial charge in [-0.2, -0.15) is 5.10 Å². The Morgan fingerprint density at radius 1 is 1.28 bits per heavy atom. The number of H-pyrrole nitrogens is 1. The van der Waals surface area contributed by atoms with Gasteiger partial charge in [0.25, 0.3) is 0 Å². The lowest BCUT2D eigenvalue weighted by atomic mass is 9.86. The lowest BCUT2D eigenvalue weighted by molar-refractivity contribution is -0.140. The lowest BCUT2D eigenvalue weighted by Crippen LogP contribution is -2.44. The number of fused-ring (bicyclic) bond motifs is 4. The number of rotatable bonds is 3. The van der Waals surface area contributed by atoms with E-state index in [1.54, 1.807) is 23.6 Å². The van der Waals surface area contributed by atoms with Crippen LogP contribution in [0.4, 0.5) is 15.9 Å². The maximum Gasteiger partial charge on any atom is 0.226 e. The van der Waals surface area contributed by atoms with E-state index in [2.05, 4.69) is 25.5 Å². The Hall–Kier alpha value is -3.11. The Labute approximate surface area is 186 Å². The largest absolute Gasteiger partial charge is 0.378 e. The van der Waals surface area contributed by atoms with Crippen LogP contribution in [0.1, 0.15) is 16.9 Å².